The number of hydrogen-bond donors (Lipinski definition) is 0. The molecule has 0 saturated heterocycles. The van der Waals surface area contributed by atoms with Gasteiger partial charge in [-0.15, -0.1) is 6.58 Å². The van der Waals surface area contributed by atoms with E-state index in [1.807, 2.05) is 6.92 Å². The Balaban J connectivity index is 0. The van der Waals surface area contributed by atoms with Gasteiger partial charge in [0.15, 0.2) is 0 Å². The third-order valence-electron chi connectivity index (χ3n) is 0. The van der Waals surface area contributed by atoms with Crippen LogP contribution >= 0.6 is 19.4 Å². The second-order valence-electron chi connectivity index (χ2n) is 0.509. The van der Waals surface area contributed by atoms with E-state index in [4.69, 9.17) is 19.4 Å². The third kappa shape index (κ3) is 86.4. The van der Waals surface area contributed by atoms with Crippen molar-refractivity contribution in [1.82, 2.24) is 0 Å². The Morgan fingerprint density at radius 3 is 1.67 bits per heavy atom. The van der Waals surface area contributed by atoms with Crippen molar-refractivity contribution in [2.24, 2.45) is 0 Å². The van der Waals surface area contributed by atoms with Crippen LogP contribution in [0.2, 0.25) is 0 Å². The van der Waals surface area contributed by atoms with Crippen molar-refractivity contribution in [1.29, 1.82) is 0 Å². The first-order valence-electron chi connectivity index (χ1n) is 1.52. The van der Waals surface area contributed by atoms with Crippen LogP contribution in [0.3, 0.4) is 0 Å². The summed E-state index contributed by atoms with van der Waals surface area (Å²) in [5, 5.41) is 0. The molecule has 0 rings (SSSR count). The second-order valence-corrected chi connectivity index (χ2v) is 5.13. The zero-order valence-corrected chi connectivity index (χ0v) is 8.23. The Labute approximate surface area is 54.2 Å². The van der Waals surface area contributed by atoms with E-state index in [0.717, 1.165) is 0 Å². The molecule has 0 aliphatic carbocycles. The monoisotopic (exact) mass is 176 g/mol. The maximum atomic E-state index is 4.95. The summed E-state index contributed by atoms with van der Waals surface area (Å²) in [4.78, 5) is 0. The predicted molar refractivity (Wildman–Crippen MR) is 27.6 cm³/mol. The third-order valence-corrected chi connectivity index (χ3v) is 0. The minimum absolute atomic E-state index is 0.931. The van der Waals surface area contributed by atoms with E-state index < -0.39 is 15.1 Å². The molecule has 3 heteroatoms. The van der Waals surface area contributed by atoms with Gasteiger partial charge in [-0.2, -0.15) is 0 Å². The molecular formula is C3H6Cl2Zn. The van der Waals surface area contributed by atoms with Gasteiger partial charge in [0.2, 0.25) is 0 Å². The summed E-state index contributed by atoms with van der Waals surface area (Å²) in [6.45, 7) is 5.25. The molecule has 0 heterocycles. The molecule has 34 valence electrons. The first-order chi connectivity index (χ1) is 2.83. The summed E-state index contributed by atoms with van der Waals surface area (Å²) < 4.78 is 0. The molecule has 0 unspecified atom stereocenters. The fraction of sp³-hybridized carbons (Fsp3) is 0.333. The van der Waals surface area contributed by atoms with Crippen LogP contribution in [0.5, 0.6) is 0 Å². The van der Waals surface area contributed by atoms with Crippen LogP contribution in [0.15, 0.2) is 12.7 Å². The fourth-order valence-corrected chi connectivity index (χ4v) is 0. The average molecular weight is 178 g/mol. The number of allylic oxidation sites excluding steroid dienone is 1. The standard InChI is InChI=1S/C3H6.2ClH.Zn/c1-3-2;;;/h3H,1H2,2H3;2*1H;/q;;;+2/p-2. The van der Waals surface area contributed by atoms with Crippen LogP contribution in [-0.4, -0.2) is 0 Å². The zero-order valence-electron chi connectivity index (χ0n) is 3.75. The van der Waals surface area contributed by atoms with Gasteiger partial charge in [0.25, 0.3) is 0 Å². The molecule has 6 heavy (non-hydrogen) atoms. The average Bonchev–Trinajstić information content (AvgIpc) is 1.39. The van der Waals surface area contributed by atoms with Crippen molar-refractivity contribution in [3.63, 3.8) is 0 Å². The van der Waals surface area contributed by atoms with Gasteiger partial charge in [-0.05, 0) is 6.92 Å². The molecule has 0 fully saturated rings. The molecule has 0 aromatic heterocycles. The van der Waals surface area contributed by atoms with Gasteiger partial charge in [-0.25, -0.2) is 0 Å². The number of rotatable bonds is 0. The topological polar surface area (TPSA) is 0 Å². The molecular weight excluding hydrogens is 172 g/mol. The second kappa shape index (κ2) is 16.8. The van der Waals surface area contributed by atoms with Crippen molar-refractivity contribution in [3.8, 4) is 0 Å². The molecule has 0 saturated carbocycles. The molecule has 0 spiro atoms. The Hall–Kier alpha value is 0.943. The van der Waals surface area contributed by atoms with Crippen molar-refractivity contribution in [2.45, 2.75) is 6.92 Å². The Morgan fingerprint density at radius 1 is 1.67 bits per heavy atom. The van der Waals surface area contributed by atoms with E-state index in [-0.39, 0.29) is 0 Å². The van der Waals surface area contributed by atoms with Gasteiger partial charge < -0.3 is 0 Å². The van der Waals surface area contributed by atoms with Crippen molar-refractivity contribution in [2.75, 3.05) is 0 Å². The molecule has 0 aliphatic rings. The molecule has 0 atom stereocenters. The van der Waals surface area contributed by atoms with Crippen molar-refractivity contribution < 1.29 is 15.1 Å². The summed E-state index contributed by atoms with van der Waals surface area (Å²) >= 11 is -0.931. The first kappa shape index (κ1) is 10.0. The molecule has 0 aromatic rings. The molecule has 0 radical (unpaired) electrons. The zero-order chi connectivity index (χ0) is 5.41. The van der Waals surface area contributed by atoms with E-state index >= 15 is 0 Å². The van der Waals surface area contributed by atoms with Gasteiger partial charge in [0, 0.05) is 0 Å². The van der Waals surface area contributed by atoms with Crippen molar-refractivity contribution in [3.05, 3.63) is 12.7 Å². The summed E-state index contributed by atoms with van der Waals surface area (Å²) in [5.74, 6) is 0. The van der Waals surface area contributed by atoms with Gasteiger partial charge in [-0.1, -0.05) is 6.08 Å². The summed E-state index contributed by atoms with van der Waals surface area (Å²) in [5.41, 5.74) is 0. The van der Waals surface area contributed by atoms with Crippen LogP contribution in [0.4, 0.5) is 0 Å². The quantitative estimate of drug-likeness (QED) is 0.395. The van der Waals surface area contributed by atoms with E-state index in [0.29, 0.717) is 0 Å². The summed E-state index contributed by atoms with van der Waals surface area (Å²) in [7, 11) is 9.90. The molecule has 0 N–H and O–H groups in total. The SMILES string of the molecule is C=CC.[Cl][Zn][Cl]. The fourth-order valence-electron chi connectivity index (χ4n) is 0. The number of hydrogen-bond acceptors (Lipinski definition) is 0. The van der Waals surface area contributed by atoms with Gasteiger partial charge in [0.1, 0.15) is 0 Å². The number of halogens is 2. The first-order valence-corrected chi connectivity index (χ1v) is 9.32. The molecule has 0 amide bonds. The van der Waals surface area contributed by atoms with Crippen LogP contribution in [0, 0.1) is 0 Å². The van der Waals surface area contributed by atoms with Gasteiger partial charge in [0.05, 0.1) is 0 Å². The predicted octanol–water partition coefficient (Wildman–Crippen LogP) is 2.57. The molecule has 0 aliphatic heterocycles. The normalized spacial score (nSPS) is 3.83. The molecule has 0 nitrogen and oxygen atoms in total. The van der Waals surface area contributed by atoms with Crippen LogP contribution in [-0.2, 0) is 15.1 Å². The van der Waals surface area contributed by atoms with Crippen LogP contribution < -0.4 is 0 Å². The van der Waals surface area contributed by atoms with E-state index in [1.54, 1.807) is 6.08 Å². The maximum absolute atomic E-state index is 4.95. The van der Waals surface area contributed by atoms with E-state index in [2.05, 4.69) is 6.58 Å². The van der Waals surface area contributed by atoms with E-state index in [1.165, 1.54) is 0 Å². The Morgan fingerprint density at radius 2 is 1.67 bits per heavy atom. The van der Waals surface area contributed by atoms with Crippen LogP contribution in [0.25, 0.3) is 0 Å². The van der Waals surface area contributed by atoms with Crippen LogP contribution in [0.1, 0.15) is 6.92 Å². The summed E-state index contributed by atoms with van der Waals surface area (Å²) in [6, 6.07) is 0. The van der Waals surface area contributed by atoms with Gasteiger partial charge in [-0.3, -0.25) is 0 Å². The Kier molecular flexibility index (Phi) is 28.0. The molecule has 0 aromatic carbocycles. The van der Waals surface area contributed by atoms with E-state index in [9.17, 15) is 0 Å². The Bertz CT molecular complexity index is 22.8. The van der Waals surface area contributed by atoms with Crippen molar-refractivity contribution >= 4 is 19.4 Å². The minimum atomic E-state index is -0.931. The summed E-state index contributed by atoms with van der Waals surface area (Å²) in [6.07, 6.45) is 1.75. The van der Waals surface area contributed by atoms with Gasteiger partial charge >= 0.3 is 34.5 Å². The molecule has 0 bridgehead atoms.